The van der Waals surface area contributed by atoms with E-state index in [0.29, 0.717) is 61.9 Å². The molecule has 2 aliphatic carbocycles. The van der Waals surface area contributed by atoms with Gasteiger partial charge in [-0.1, -0.05) is 0 Å². The Morgan fingerprint density at radius 3 is 1.81 bits per heavy atom. The lowest BCUT2D eigenvalue weighted by Crippen LogP contribution is -2.37. The normalized spacial score (nSPS) is 40.0. The van der Waals surface area contributed by atoms with E-state index in [1.165, 1.54) is 0 Å². The number of hydrogen-bond donors (Lipinski definition) is 2. The average Bonchev–Trinajstić information content (AvgIpc) is 3.48. The van der Waals surface area contributed by atoms with Gasteiger partial charge < -0.3 is 19.7 Å². The molecule has 2 heterocycles. The van der Waals surface area contributed by atoms with E-state index in [9.17, 15) is 14.7 Å². The number of aliphatic carboxylic acids is 2. The van der Waals surface area contributed by atoms with Gasteiger partial charge in [0.1, 0.15) is 0 Å². The molecule has 4 aliphatic rings. The van der Waals surface area contributed by atoms with Crippen LogP contribution in [0.25, 0.3) is 0 Å². The molecule has 2 aliphatic heterocycles. The van der Waals surface area contributed by atoms with Gasteiger partial charge >= 0.3 is 11.9 Å². The van der Waals surface area contributed by atoms with Gasteiger partial charge in [0.05, 0.1) is 29.8 Å². The first-order chi connectivity index (χ1) is 12.4. The largest absolute Gasteiger partial charge is 0.481 e. The van der Waals surface area contributed by atoms with Gasteiger partial charge in [-0.05, 0) is 76.0 Å². The molecule has 1 unspecified atom stereocenters. The molecule has 2 saturated heterocycles. The highest BCUT2D eigenvalue weighted by molar-refractivity contribution is 5.75. The number of carboxylic acids is 2. The van der Waals surface area contributed by atoms with Gasteiger partial charge in [-0.2, -0.15) is 0 Å². The van der Waals surface area contributed by atoms with E-state index in [1.54, 1.807) is 0 Å². The Kier molecular flexibility index (Phi) is 4.99. The molecule has 0 bridgehead atoms. The Bertz CT molecular complexity index is 531. The average molecular weight is 366 g/mol. The van der Waals surface area contributed by atoms with Crippen LogP contribution in [0.3, 0.4) is 0 Å². The number of carboxylic acid groups (broad SMARTS) is 2. The first-order valence-electron chi connectivity index (χ1n) is 10.2. The van der Waals surface area contributed by atoms with Crippen LogP contribution in [0.5, 0.6) is 0 Å². The van der Waals surface area contributed by atoms with E-state index in [0.717, 1.165) is 38.5 Å². The minimum absolute atomic E-state index is 0.0476. The number of rotatable bonds is 9. The summed E-state index contributed by atoms with van der Waals surface area (Å²) < 4.78 is 11.2. The van der Waals surface area contributed by atoms with E-state index in [-0.39, 0.29) is 6.42 Å². The summed E-state index contributed by atoms with van der Waals surface area (Å²) in [6, 6.07) is 0. The smallest absolute Gasteiger partial charge is 0.309 e. The van der Waals surface area contributed by atoms with Crippen LogP contribution in [0.1, 0.15) is 70.6 Å². The van der Waals surface area contributed by atoms with Gasteiger partial charge in [0.15, 0.2) is 0 Å². The summed E-state index contributed by atoms with van der Waals surface area (Å²) in [6.45, 7) is 0. The third-order valence-corrected chi connectivity index (χ3v) is 7.08. The number of epoxide rings is 2. The van der Waals surface area contributed by atoms with Crippen LogP contribution >= 0.6 is 0 Å². The van der Waals surface area contributed by atoms with Crippen LogP contribution in [0.2, 0.25) is 0 Å². The SMILES string of the molecule is O=C(O)CCCC(C[C@@H]1CC[C@@H]2O[C@H]2C1)(C[C@@H]1CC[C@@H]2O[C@@H]2C1)C(=O)O. The van der Waals surface area contributed by atoms with Crippen molar-refractivity contribution >= 4 is 11.9 Å². The summed E-state index contributed by atoms with van der Waals surface area (Å²) in [5.41, 5.74) is -0.797. The minimum atomic E-state index is -0.844. The third-order valence-electron chi connectivity index (χ3n) is 7.08. The molecule has 6 heteroatoms. The molecule has 4 rings (SSSR count). The molecule has 0 aromatic carbocycles. The number of hydrogen-bond acceptors (Lipinski definition) is 4. The van der Waals surface area contributed by atoms with Crippen molar-refractivity contribution < 1.29 is 29.3 Å². The van der Waals surface area contributed by atoms with Crippen molar-refractivity contribution in [3.63, 3.8) is 0 Å². The number of carbonyl (C=O) groups is 2. The van der Waals surface area contributed by atoms with E-state index in [2.05, 4.69) is 0 Å². The predicted octanol–water partition coefficient (Wildman–Crippen LogP) is 3.23. The second kappa shape index (κ2) is 7.12. The topological polar surface area (TPSA) is 99.7 Å². The van der Waals surface area contributed by atoms with Gasteiger partial charge in [0, 0.05) is 6.42 Å². The maximum atomic E-state index is 12.4. The van der Waals surface area contributed by atoms with Crippen molar-refractivity contribution in [2.24, 2.45) is 17.3 Å². The van der Waals surface area contributed by atoms with Crippen LogP contribution in [0, 0.1) is 17.3 Å². The van der Waals surface area contributed by atoms with Crippen LogP contribution in [0.4, 0.5) is 0 Å². The van der Waals surface area contributed by atoms with Crippen LogP contribution in [0.15, 0.2) is 0 Å². The lowest BCUT2D eigenvalue weighted by molar-refractivity contribution is -0.153. The van der Waals surface area contributed by atoms with E-state index in [1.807, 2.05) is 0 Å². The second-order valence-electron chi connectivity index (χ2n) is 9.03. The van der Waals surface area contributed by atoms with Crippen LogP contribution in [-0.4, -0.2) is 46.6 Å². The van der Waals surface area contributed by atoms with Crippen molar-refractivity contribution in [3.05, 3.63) is 0 Å². The summed E-state index contributed by atoms with van der Waals surface area (Å²) in [5.74, 6) is -0.815. The Labute approximate surface area is 154 Å². The summed E-state index contributed by atoms with van der Waals surface area (Å²) in [6.07, 6.45) is 9.89. The first kappa shape index (κ1) is 18.2. The highest BCUT2D eigenvalue weighted by Gasteiger charge is 2.50. The van der Waals surface area contributed by atoms with Crippen molar-refractivity contribution in [1.29, 1.82) is 0 Å². The molecule has 0 spiro atoms. The molecule has 2 N–H and O–H groups in total. The molecular formula is C20H30O6. The van der Waals surface area contributed by atoms with Crippen molar-refractivity contribution in [2.45, 2.75) is 95.0 Å². The highest BCUT2D eigenvalue weighted by atomic mass is 16.6. The zero-order valence-corrected chi connectivity index (χ0v) is 15.3. The summed E-state index contributed by atoms with van der Waals surface area (Å²) >= 11 is 0. The molecule has 146 valence electrons. The molecule has 0 radical (unpaired) electrons. The first-order valence-corrected chi connectivity index (χ1v) is 10.2. The van der Waals surface area contributed by atoms with Crippen molar-refractivity contribution in [2.75, 3.05) is 0 Å². The molecule has 0 amide bonds. The third kappa shape index (κ3) is 4.06. The fourth-order valence-electron chi connectivity index (χ4n) is 5.60. The van der Waals surface area contributed by atoms with Gasteiger partial charge in [-0.3, -0.25) is 9.59 Å². The second-order valence-corrected chi connectivity index (χ2v) is 9.03. The van der Waals surface area contributed by atoms with Crippen LogP contribution < -0.4 is 0 Å². The number of ether oxygens (including phenoxy) is 2. The highest BCUT2D eigenvalue weighted by Crippen LogP contribution is 2.50. The Morgan fingerprint density at radius 2 is 1.38 bits per heavy atom. The lowest BCUT2D eigenvalue weighted by atomic mass is 9.66. The molecule has 6 nitrogen and oxygen atoms in total. The maximum absolute atomic E-state index is 12.4. The molecule has 4 fully saturated rings. The molecule has 7 atom stereocenters. The molecule has 0 aromatic rings. The Morgan fingerprint density at radius 1 is 0.846 bits per heavy atom. The summed E-state index contributed by atoms with van der Waals surface area (Å²) in [4.78, 5) is 23.4. The quantitative estimate of drug-likeness (QED) is 0.608. The van der Waals surface area contributed by atoms with Crippen molar-refractivity contribution in [3.8, 4) is 0 Å². The zero-order valence-electron chi connectivity index (χ0n) is 15.3. The van der Waals surface area contributed by atoms with E-state index in [4.69, 9.17) is 14.6 Å². The Hall–Kier alpha value is -1.14. The summed E-state index contributed by atoms with van der Waals surface area (Å²) in [5, 5.41) is 19.2. The van der Waals surface area contributed by atoms with Gasteiger partial charge in [0.2, 0.25) is 0 Å². The maximum Gasteiger partial charge on any atom is 0.309 e. The molecule has 26 heavy (non-hydrogen) atoms. The number of fused-ring (bicyclic) bond motifs is 2. The van der Waals surface area contributed by atoms with E-state index >= 15 is 0 Å². The minimum Gasteiger partial charge on any atom is -0.481 e. The lowest BCUT2D eigenvalue weighted by Gasteiger charge is -2.37. The van der Waals surface area contributed by atoms with Gasteiger partial charge in [-0.15, -0.1) is 0 Å². The fraction of sp³-hybridized carbons (Fsp3) is 0.900. The van der Waals surface area contributed by atoms with Crippen molar-refractivity contribution in [1.82, 2.24) is 0 Å². The molecule has 2 saturated carbocycles. The van der Waals surface area contributed by atoms with Gasteiger partial charge in [-0.25, -0.2) is 0 Å². The fourth-order valence-corrected chi connectivity index (χ4v) is 5.60. The van der Waals surface area contributed by atoms with Gasteiger partial charge in [0.25, 0.3) is 0 Å². The van der Waals surface area contributed by atoms with E-state index < -0.39 is 17.4 Å². The zero-order chi connectivity index (χ0) is 18.3. The van der Waals surface area contributed by atoms with Crippen LogP contribution in [-0.2, 0) is 19.1 Å². The monoisotopic (exact) mass is 366 g/mol. The standard InChI is InChI=1S/C20H30O6/c21-18(22)2-1-7-20(19(23)24,10-12-3-5-14-16(8-12)25-14)11-13-4-6-15-17(9-13)26-15/h12-17H,1-11H2,(H,21,22)(H,23,24)/t12-,13-,14+,15+,16-,17+,20?/m1/s1. The summed E-state index contributed by atoms with van der Waals surface area (Å²) in [7, 11) is 0. The molecule has 0 aromatic heterocycles. The Balaban J connectivity index is 1.44. The molecular weight excluding hydrogens is 336 g/mol. The predicted molar refractivity (Wildman–Crippen MR) is 92.8 cm³/mol.